The van der Waals surface area contributed by atoms with Crippen LogP contribution in [-0.4, -0.2) is 34.6 Å². The van der Waals surface area contributed by atoms with Crippen LogP contribution in [0.5, 0.6) is 5.75 Å². The van der Waals surface area contributed by atoms with Gasteiger partial charge in [0.05, 0.1) is 19.3 Å². The quantitative estimate of drug-likeness (QED) is 0.724. The van der Waals surface area contributed by atoms with Gasteiger partial charge in [-0.3, -0.25) is 0 Å². The van der Waals surface area contributed by atoms with Crippen LogP contribution in [0.3, 0.4) is 0 Å². The Morgan fingerprint density at radius 3 is 2.69 bits per heavy atom. The maximum absolute atomic E-state index is 12.8. The predicted octanol–water partition coefficient (Wildman–Crippen LogP) is 4.36. The topological polar surface area (TPSA) is 67.4 Å². The molecule has 2 aromatic carbocycles. The van der Waals surface area contributed by atoms with E-state index < -0.39 is 0 Å². The van der Waals surface area contributed by atoms with Crippen LogP contribution in [0.1, 0.15) is 22.4 Å². The largest absolute Gasteiger partial charge is 0.497 e. The van der Waals surface area contributed by atoms with Crippen molar-refractivity contribution in [1.82, 2.24) is 14.9 Å². The van der Waals surface area contributed by atoms with Crippen molar-refractivity contribution in [3.05, 3.63) is 71.0 Å². The van der Waals surface area contributed by atoms with Gasteiger partial charge >= 0.3 is 6.03 Å². The van der Waals surface area contributed by atoms with Gasteiger partial charge in [0.15, 0.2) is 5.82 Å². The summed E-state index contributed by atoms with van der Waals surface area (Å²) in [4.78, 5) is 23.8. The Bertz CT molecular complexity index is 1050. The minimum atomic E-state index is -0.0939. The normalized spacial score (nSPS) is 13.0. The predicted molar refractivity (Wildman–Crippen MR) is 113 cm³/mol. The lowest BCUT2D eigenvalue weighted by Gasteiger charge is -2.28. The summed E-state index contributed by atoms with van der Waals surface area (Å²) in [6, 6.07) is 13.7. The van der Waals surface area contributed by atoms with Crippen molar-refractivity contribution in [1.29, 1.82) is 0 Å². The molecule has 1 aromatic heterocycles. The van der Waals surface area contributed by atoms with Gasteiger partial charge < -0.3 is 15.0 Å². The summed E-state index contributed by atoms with van der Waals surface area (Å²) in [6.45, 7) is 5.15. The van der Waals surface area contributed by atoms with Crippen LogP contribution in [0.4, 0.5) is 10.5 Å². The molecule has 0 radical (unpaired) electrons. The van der Waals surface area contributed by atoms with Gasteiger partial charge in [-0.1, -0.05) is 12.1 Å². The second-order valence-electron chi connectivity index (χ2n) is 7.31. The third kappa shape index (κ3) is 4.06. The molecule has 1 aliphatic rings. The zero-order chi connectivity index (χ0) is 20.4. The van der Waals surface area contributed by atoms with Crippen LogP contribution in [0.2, 0.25) is 0 Å². The van der Waals surface area contributed by atoms with Gasteiger partial charge in [-0.2, -0.15) is 0 Å². The van der Waals surface area contributed by atoms with E-state index in [1.54, 1.807) is 12.0 Å². The van der Waals surface area contributed by atoms with Crippen LogP contribution in [-0.2, 0) is 13.0 Å². The number of aryl methyl sites for hydroxylation is 2. The van der Waals surface area contributed by atoms with Crippen molar-refractivity contribution >= 4 is 11.7 Å². The summed E-state index contributed by atoms with van der Waals surface area (Å²) in [5.74, 6) is 1.50. The van der Waals surface area contributed by atoms with E-state index in [0.717, 1.165) is 39.4 Å². The molecule has 0 fully saturated rings. The standard InChI is InChI=1S/C23H24N4O2/c1-15-4-5-16(2)21(12-15)26-23(28)27-11-10-20-18(14-27)13-24-22(25-20)17-6-8-19(29-3)9-7-17/h4-9,12-13H,10-11,14H2,1-3H3,(H,26,28). The number of hydrogen-bond donors (Lipinski definition) is 1. The van der Waals surface area contributed by atoms with Crippen molar-refractivity contribution in [2.45, 2.75) is 26.8 Å². The van der Waals surface area contributed by atoms with Crippen LogP contribution >= 0.6 is 0 Å². The third-order valence-corrected chi connectivity index (χ3v) is 5.20. The van der Waals surface area contributed by atoms with E-state index in [1.165, 1.54) is 0 Å². The van der Waals surface area contributed by atoms with E-state index in [-0.39, 0.29) is 6.03 Å². The molecule has 1 aliphatic heterocycles. The molecule has 1 N–H and O–H groups in total. The van der Waals surface area contributed by atoms with Gasteiger partial charge in [0, 0.05) is 36.0 Å². The van der Waals surface area contributed by atoms with Crippen molar-refractivity contribution in [3.8, 4) is 17.1 Å². The highest BCUT2D eigenvalue weighted by Gasteiger charge is 2.23. The Morgan fingerprint density at radius 2 is 1.93 bits per heavy atom. The number of nitrogens with one attached hydrogen (secondary N) is 1. The fourth-order valence-corrected chi connectivity index (χ4v) is 3.43. The number of aromatic nitrogens is 2. The van der Waals surface area contributed by atoms with E-state index in [0.29, 0.717) is 25.3 Å². The second-order valence-corrected chi connectivity index (χ2v) is 7.31. The number of benzene rings is 2. The molecule has 29 heavy (non-hydrogen) atoms. The number of ether oxygens (including phenoxy) is 1. The maximum atomic E-state index is 12.8. The van der Waals surface area contributed by atoms with Gasteiger partial charge in [0.25, 0.3) is 0 Å². The van der Waals surface area contributed by atoms with Gasteiger partial charge in [-0.15, -0.1) is 0 Å². The Balaban J connectivity index is 1.48. The first-order valence-electron chi connectivity index (χ1n) is 9.66. The highest BCUT2D eigenvalue weighted by Crippen LogP contribution is 2.24. The third-order valence-electron chi connectivity index (χ3n) is 5.20. The lowest BCUT2D eigenvalue weighted by Crippen LogP contribution is -2.39. The zero-order valence-corrected chi connectivity index (χ0v) is 16.9. The molecule has 4 rings (SSSR count). The fourth-order valence-electron chi connectivity index (χ4n) is 3.43. The van der Waals surface area contributed by atoms with Gasteiger partial charge in [0.2, 0.25) is 0 Å². The SMILES string of the molecule is COc1ccc(-c2ncc3c(n2)CCN(C(=O)Nc2cc(C)ccc2C)C3)cc1. The van der Waals surface area contributed by atoms with Crippen LogP contribution < -0.4 is 10.1 Å². The summed E-state index contributed by atoms with van der Waals surface area (Å²) in [5, 5.41) is 3.03. The molecule has 0 unspecified atom stereocenters. The minimum Gasteiger partial charge on any atom is -0.497 e. The zero-order valence-electron chi connectivity index (χ0n) is 16.9. The van der Waals surface area contributed by atoms with Crippen LogP contribution in [0.25, 0.3) is 11.4 Å². The summed E-state index contributed by atoms with van der Waals surface area (Å²) in [7, 11) is 1.65. The first-order valence-corrected chi connectivity index (χ1v) is 9.66. The number of anilines is 1. The molecule has 0 saturated heterocycles. The number of fused-ring (bicyclic) bond motifs is 1. The lowest BCUT2D eigenvalue weighted by molar-refractivity contribution is 0.206. The molecule has 0 bridgehead atoms. The Labute approximate surface area is 170 Å². The Morgan fingerprint density at radius 1 is 1.14 bits per heavy atom. The maximum Gasteiger partial charge on any atom is 0.322 e. The number of rotatable bonds is 3. The molecule has 6 nitrogen and oxygen atoms in total. The minimum absolute atomic E-state index is 0.0939. The smallest absolute Gasteiger partial charge is 0.322 e. The summed E-state index contributed by atoms with van der Waals surface area (Å²) < 4.78 is 5.20. The molecular formula is C23H24N4O2. The van der Waals surface area contributed by atoms with E-state index in [4.69, 9.17) is 9.72 Å². The molecule has 0 atom stereocenters. The molecule has 0 aliphatic carbocycles. The average Bonchev–Trinajstić information content (AvgIpc) is 2.75. The summed E-state index contributed by atoms with van der Waals surface area (Å²) in [5.41, 5.74) is 5.96. The van der Waals surface area contributed by atoms with E-state index in [2.05, 4.69) is 10.3 Å². The number of nitrogens with zero attached hydrogens (tertiary/aromatic N) is 3. The Kier molecular flexibility index (Phi) is 5.16. The molecule has 6 heteroatoms. The van der Waals surface area contributed by atoms with Gasteiger partial charge in [0.1, 0.15) is 5.75 Å². The van der Waals surface area contributed by atoms with Gasteiger partial charge in [-0.25, -0.2) is 14.8 Å². The molecular weight excluding hydrogens is 364 g/mol. The van der Waals surface area contributed by atoms with Crippen molar-refractivity contribution in [3.63, 3.8) is 0 Å². The fraction of sp³-hybridized carbons (Fsp3) is 0.261. The van der Waals surface area contributed by atoms with Crippen LogP contribution in [0, 0.1) is 13.8 Å². The molecule has 0 spiro atoms. The van der Waals surface area contributed by atoms with E-state index in [9.17, 15) is 4.79 Å². The summed E-state index contributed by atoms with van der Waals surface area (Å²) >= 11 is 0. The molecule has 2 heterocycles. The highest BCUT2D eigenvalue weighted by molar-refractivity contribution is 5.90. The van der Waals surface area contributed by atoms with Crippen molar-refractivity contribution in [2.24, 2.45) is 0 Å². The molecule has 2 amide bonds. The van der Waals surface area contributed by atoms with Crippen LogP contribution in [0.15, 0.2) is 48.7 Å². The highest BCUT2D eigenvalue weighted by atomic mass is 16.5. The molecule has 148 valence electrons. The van der Waals surface area contributed by atoms with Crippen molar-refractivity contribution in [2.75, 3.05) is 19.0 Å². The first-order chi connectivity index (χ1) is 14.0. The monoisotopic (exact) mass is 388 g/mol. The first kappa shape index (κ1) is 18.9. The van der Waals surface area contributed by atoms with E-state index in [1.807, 2.05) is 62.5 Å². The Hall–Kier alpha value is -3.41. The number of carbonyl (C=O) groups is 1. The number of amides is 2. The average molecular weight is 388 g/mol. The molecule has 3 aromatic rings. The number of hydrogen-bond acceptors (Lipinski definition) is 4. The number of carbonyl (C=O) groups excluding carboxylic acids is 1. The second kappa shape index (κ2) is 7.91. The number of methoxy groups -OCH3 is 1. The van der Waals surface area contributed by atoms with Gasteiger partial charge in [-0.05, 0) is 55.3 Å². The summed E-state index contributed by atoms with van der Waals surface area (Å²) in [6.07, 6.45) is 2.54. The molecule has 0 saturated carbocycles. The van der Waals surface area contributed by atoms with E-state index >= 15 is 0 Å². The lowest BCUT2D eigenvalue weighted by atomic mass is 10.1. The van der Waals surface area contributed by atoms with Crippen molar-refractivity contribution < 1.29 is 9.53 Å². The number of urea groups is 1.